The van der Waals surface area contributed by atoms with Crippen molar-refractivity contribution >= 4 is 11.9 Å². The summed E-state index contributed by atoms with van der Waals surface area (Å²) in [4.78, 5) is 18.6. The Morgan fingerprint density at radius 2 is 2.00 bits per heavy atom. The molecule has 1 unspecified atom stereocenters. The molecule has 0 saturated heterocycles. The van der Waals surface area contributed by atoms with Crippen molar-refractivity contribution in [2.45, 2.75) is 33.4 Å². The van der Waals surface area contributed by atoms with E-state index >= 15 is 0 Å². The molecule has 0 heterocycles. The molecule has 6 nitrogen and oxygen atoms in total. The van der Waals surface area contributed by atoms with E-state index in [9.17, 15) is 4.79 Å². The molecule has 0 radical (unpaired) electrons. The van der Waals surface area contributed by atoms with Crippen LogP contribution in [0.4, 0.5) is 0 Å². The molecule has 0 aliphatic carbocycles. The fraction of sp³-hybridized carbons (Fsp3) is 0.556. The highest BCUT2D eigenvalue weighted by Crippen LogP contribution is 2.04. The monoisotopic (exact) mass is 334 g/mol. The number of aliphatic imine (C=N–C) groups is 1. The Balaban J connectivity index is 2.63. The first-order chi connectivity index (χ1) is 11.6. The minimum absolute atomic E-state index is 0.0120. The van der Waals surface area contributed by atoms with E-state index in [2.05, 4.69) is 15.6 Å². The van der Waals surface area contributed by atoms with Crippen molar-refractivity contribution < 1.29 is 9.53 Å². The quantitative estimate of drug-likeness (QED) is 0.532. The number of hydrogen-bond acceptors (Lipinski definition) is 3. The Hall–Kier alpha value is -2.08. The van der Waals surface area contributed by atoms with Gasteiger partial charge in [-0.2, -0.15) is 0 Å². The first kappa shape index (κ1) is 20.0. The van der Waals surface area contributed by atoms with Crippen LogP contribution in [0, 0.1) is 0 Å². The van der Waals surface area contributed by atoms with Crippen LogP contribution in [0.3, 0.4) is 0 Å². The average Bonchev–Trinajstić information content (AvgIpc) is 2.58. The molecule has 1 rings (SSSR count). The molecule has 0 aliphatic rings. The van der Waals surface area contributed by atoms with Crippen molar-refractivity contribution in [2.24, 2.45) is 4.99 Å². The van der Waals surface area contributed by atoms with Gasteiger partial charge in [-0.3, -0.25) is 4.79 Å². The van der Waals surface area contributed by atoms with Crippen LogP contribution in [0.1, 0.15) is 26.3 Å². The Morgan fingerprint density at radius 1 is 1.29 bits per heavy atom. The molecule has 0 aromatic heterocycles. The molecule has 134 valence electrons. The number of amides is 1. The molecule has 0 saturated carbocycles. The third-order valence-electron chi connectivity index (χ3n) is 3.47. The standard InChI is InChI=1S/C18H30N4O2/c1-5-19-18(21-15(3)14-24-4)20-12-17(23)22(6-2)13-16-10-8-7-9-11-16/h7-11,15H,5-6,12-14H2,1-4H3,(H2,19,20,21). The molecule has 0 aliphatic heterocycles. The maximum atomic E-state index is 12.4. The molecule has 0 fully saturated rings. The largest absolute Gasteiger partial charge is 0.383 e. The van der Waals surface area contributed by atoms with Gasteiger partial charge in [0.25, 0.3) is 0 Å². The molecule has 1 atom stereocenters. The first-order valence-corrected chi connectivity index (χ1v) is 8.46. The topological polar surface area (TPSA) is 66.0 Å². The van der Waals surface area contributed by atoms with Crippen LogP contribution in [0.2, 0.25) is 0 Å². The summed E-state index contributed by atoms with van der Waals surface area (Å²) in [5.41, 5.74) is 1.12. The number of nitrogens with one attached hydrogen (secondary N) is 2. The fourth-order valence-corrected chi connectivity index (χ4v) is 2.27. The number of likely N-dealkylation sites (N-methyl/N-ethyl adjacent to an activating group) is 1. The Morgan fingerprint density at radius 3 is 2.58 bits per heavy atom. The Bertz CT molecular complexity index is 505. The molecular formula is C18H30N4O2. The number of nitrogens with zero attached hydrogens (tertiary/aromatic N) is 2. The summed E-state index contributed by atoms with van der Waals surface area (Å²) in [6, 6.07) is 10.1. The SMILES string of the molecule is CCNC(=NCC(=O)N(CC)Cc1ccccc1)NC(C)COC. The van der Waals surface area contributed by atoms with E-state index in [0.29, 0.717) is 25.7 Å². The van der Waals surface area contributed by atoms with Crippen LogP contribution in [0.5, 0.6) is 0 Å². The first-order valence-electron chi connectivity index (χ1n) is 8.46. The molecule has 24 heavy (non-hydrogen) atoms. The van der Waals surface area contributed by atoms with Crippen molar-refractivity contribution in [3.8, 4) is 0 Å². The summed E-state index contributed by atoms with van der Waals surface area (Å²) >= 11 is 0. The molecular weight excluding hydrogens is 304 g/mol. The maximum absolute atomic E-state index is 12.4. The van der Waals surface area contributed by atoms with Crippen molar-refractivity contribution in [1.29, 1.82) is 0 Å². The van der Waals surface area contributed by atoms with Crippen LogP contribution >= 0.6 is 0 Å². The van der Waals surface area contributed by atoms with Crippen LogP contribution in [-0.4, -0.2) is 56.2 Å². The zero-order chi connectivity index (χ0) is 17.8. The van der Waals surface area contributed by atoms with Gasteiger partial charge in [0, 0.05) is 32.8 Å². The fourth-order valence-electron chi connectivity index (χ4n) is 2.27. The highest BCUT2D eigenvalue weighted by Gasteiger charge is 2.12. The van der Waals surface area contributed by atoms with Gasteiger partial charge in [0.15, 0.2) is 5.96 Å². The number of carbonyl (C=O) groups excluding carboxylic acids is 1. The lowest BCUT2D eigenvalue weighted by Crippen LogP contribution is -2.44. The summed E-state index contributed by atoms with van der Waals surface area (Å²) < 4.78 is 5.11. The highest BCUT2D eigenvalue weighted by molar-refractivity contribution is 5.85. The summed E-state index contributed by atoms with van der Waals surface area (Å²) in [6.45, 7) is 8.68. The van der Waals surface area contributed by atoms with E-state index in [1.54, 1.807) is 12.0 Å². The van der Waals surface area contributed by atoms with E-state index in [-0.39, 0.29) is 18.5 Å². The van der Waals surface area contributed by atoms with E-state index in [1.165, 1.54) is 0 Å². The minimum Gasteiger partial charge on any atom is -0.383 e. The lowest BCUT2D eigenvalue weighted by Gasteiger charge is -2.21. The normalized spacial score (nSPS) is 12.6. The second kappa shape index (κ2) is 11.5. The van der Waals surface area contributed by atoms with Crippen LogP contribution in [-0.2, 0) is 16.1 Å². The van der Waals surface area contributed by atoms with Gasteiger partial charge in [-0.1, -0.05) is 30.3 Å². The molecule has 6 heteroatoms. The Kier molecular flexibility index (Phi) is 9.53. The third kappa shape index (κ3) is 7.46. The van der Waals surface area contributed by atoms with Crippen molar-refractivity contribution in [2.75, 3.05) is 33.4 Å². The minimum atomic E-state index is 0.0120. The van der Waals surface area contributed by atoms with E-state index < -0.39 is 0 Å². The lowest BCUT2D eigenvalue weighted by atomic mass is 10.2. The Labute approximate surface area is 145 Å². The number of carbonyl (C=O) groups is 1. The van der Waals surface area contributed by atoms with Gasteiger partial charge in [-0.05, 0) is 26.3 Å². The van der Waals surface area contributed by atoms with E-state index in [1.807, 2.05) is 51.1 Å². The summed E-state index contributed by atoms with van der Waals surface area (Å²) in [5.74, 6) is 0.643. The number of rotatable bonds is 9. The molecule has 1 aromatic carbocycles. The summed E-state index contributed by atoms with van der Waals surface area (Å²) in [7, 11) is 1.66. The van der Waals surface area contributed by atoms with Gasteiger partial charge in [-0.15, -0.1) is 0 Å². The van der Waals surface area contributed by atoms with E-state index in [4.69, 9.17) is 4.74 Å². The van der Waals surface area contributed by atoms with Gasteiger partial charge in [0.1, 0.15) is 6.54 Å². The number of hydrogen-bond donors (Lipinski definition) is 2. The summed E-state index contributed by atoms with van der Waals surface area (Å²) in [5, 5.41) is 6.37. The third-order valence-corrected chi connectivity index (χ3v) is 3.47. The van der Waals surface area contributed by atoms with Gasteiger partial charge in [0.05, 0.1) is 6.61 Å². The average molecular weight is 334 g/mol. The second-order valence-corrected chi connectivity index (χ2v) is 5.59. The zero-order valence-electron chi connectivity index (χ0n) is 15.2. The number of ether oxygens (including phenoxy) is 1. The van der Waals surface area contributed by atoms with Gasteiger partial charge in [0.2, 0.25) is 5.91 Å². The molecule has 1 amide bonds. The maximum Gasteiger partial charge on any atom is 0.244 e. The van der Waals surface area contributed by atoms with Crippen molar-refractivity contribution in [3.05, 3.63) is 35.9 Å². The number of guanidine groups is 1. The smallest absolute Gasteiger partial charge is 0.244 e. The number of methoxy groups -OCH3 is 1. The zero-order valence-corrected chi connectivity index (χ0v) is 15.2. The highest BCUT2D eigenvalue weighted by atomic mass is 16.5. The van der Waals surface area contributed by atoms with Gasteiger partial charge >= 0.3 is 0 Å². The van der Waals surface area contributed by atoms with Crippen LogP contribution in [0.15, 0.2) is 35.3 Å². The van der Waals surface area contributed by atoms with Gasteiger partial charge in [-0.25, -0.2) is 4.99 Å². The van der Waals surface area contributed by atoms with E-state index in [0.717, 1.165) is 12.1 Å². The van der Waals surface area contributed by atoms with Crippen molar-refractivity contribution in [1.82, 2.24) is 15.5 Å². The van der Waals surface area contributed by atoms with Crippen molar-refractivity contribution in [3.63, 3.8) is 0 Å². The second-order valence-electron chi connectivity index (χ2n) is 5.59. The molecule has 0 spiro atoms. The molecule has 0 bridgehead atoms. The van der Waals surface area contributed by atoms with Crippen LogP contribution in [0.25, 0.3) is 0 Å². The predicted molar refractivity (Wildman–Crippen MR) is 98.0 cm³/mol. The predicted octanol–water partition coefficient (Wildman–Crippen LogP) is 1.63. The number of benzene rings is 1. The molecule has 1 aromatic rings. The lowest BCUT2D eigenvalue weighted by molar-refractivity contribution is -0.130. The summed E-state index contributed by atoms with van der Waals surface area (Å²) in [6.07, 6.45) is 0. The van der Waals surface area contributed by atoms with Crippen LogP contribution < -0.4 is 10.6 Å². The molecule has 2 N–H and O–H groups in total. The van der Waals surface area contributed by atoms with Gasteiger partial charge < -0.3 is 20.3 Å².